The van der Waals surface area contributed by atoms with E-state index in [1.165, 1.54) is 64.2 Å². The summed E-state index contributed by atoms with van der Waals surface area (Å²) in [7, 11) is 0. The molecule has 0 saturated heterocycles. The maximum Gasteiger partial charge on any atom is 0.303 e. The number of unbranched alkanes of at least 4 members (excludes halogenated alkanes) is 12. The molecule has 0 amide bonds. The Bertz CT molecular complexity index is 485. The van der Waals surface area contributed by atoms with Crippen LogP contribution in [0.4, 0.5) is 0 Å². The molecule has 36 heavy (non-hydrogen) atoms. The number of aliphatic hydroxyl groups is 5. The van der Waals surface area contributed by atoms with Gasteiger partial charge in [-0.2, -0.15) is 0 Å². The first-order valence-corrected chi connectivity index (χ1v) is 13.3. The summed E-state index contributed by atoms with van der Waals surface area (Å²) in [5.41, 5.74) is 0. The van der Waals surface area contributed by atoms with Crippen LogP contribution in [0.25, 0.3) is 0 Å². The molecule has 0 aliphatic carbocycles. The van der Waals surface area contributed by atoms with E-state index in [1.807, 2.05) is 0 Å². The van der Waals surface area contributed by atoms with Gasteiger partial charge in [0.1, 0.15) is 24.9 Å². The molecule has 10 nitrogen and oxygen atoms in total. The molecule has 216 valence electrons. The van der Waals surface area contributed by atoms with Crippen LogP contribution in [-0.2, 0) is 14.4 Å². The number of carboxylic acid groups (broad SMARTS) is 2. The Hall–Kier alpha value is -1.59. The second kappa shape index (κ2) is 29.6. The Morgan fingerprint density at radius 2 is 0.917 bits per heavy atom. The largest absolute Gasteiger partial charge is 0.481 e. The van der Waals surface area contributed by atoms with Gasteiger partial charge in [-0.3, -0.25) is 14.4 Å². The van der Waals surface area contributed by atoms with Crippen LogP contribution in [0.3, 0.4) is 0 Å². The molecule has 0 unspecified atom stereocenters. The van der Waals surface area contributed by atoms with E-state index in [-0.39, 0.29) is 0 Å². The van der Waals surface area contributed by atoms with Crippen molar-refractivity contribution >= 4 is 17.7 Å². The van der Waals surface area contributed by atoms with E-state index < -0.39 is 49.2 Å². The van der Waals surface area contributed by atoms with Gasteiger partial charge >= 0.3 is 11.9 Å². The first kappa shape index (κ1) is 38.9. The summed E-state index contributed by atoms with van der Waals surface area (Å²) in [4.78, 5) is 30.8. The minimum absolute atomic E-state index is 0.341. The summed E-state index contributed by atoms with van der Waals surface area (Å²) in [6.45, 7) is 2.71. The lowest BCUT2D eigenvalue weighted by atomic mass is 10.1. The van der Waals surface area contributed by atoms with E-state index in [0.717, 1.165) is 25.7 Å². The number of rotatable bonds is 21. The molecule has 0 aromatic carbocycles. The van der Waals surface area contributed by atoms with Gasteiger partial charge in [-0.15, -0.1) is 0 Å². The van der Waals surface area contributed by atoms with Crippen LogP contribution in [0.15, 0.2) is 0 Å². The molecular weight excluding hydrogens is 472 g/mol. The first-order chi connectivity index (χ1) is 17.1. The van der Waals surface area contributed by atoms with Crippen molar-refractivity contribution in [2.75, 3.05) is 13.2 Å². The van der Waals surface area contributed by atoms with Gasteiger partial charge in [0, 0.05) is 12.8 Å². The zero-order chi connectivity index (χ0) is 28.2. The lowest BCUT2D eigenvalue weighted by Crippen LogP contribution is -2.44. The molecule has 0 rings (SSSR count). The van der Waals surface area contributed by atoms with Crippen molar-refractivity contribution < 1.29 is 50.1 Å². The molecule has 0 radical (unpaired) electrons. The van der Waals surface area contributed by atoms with Crippen LogP contribution >= 0.6 is 0 Å². The molecule has 0 aliphatic rings. The Balaban J connectivity index is -0.000000454. The summed E-state index contributed by atoms with van der Waals surface area (Å²) in [5.74, 6) is -2.33. The van der Waals surface area contributed by atoms with Crippen LogP contribution in [0, 0.1) is 0 Å². The second-order valence-electron chi connectivity index (χ2n) is 8.84. The van der Waals surface area contributed by atoms with Crippen molar-refractivity contribution in [1.82, 2.24) is 0 Å². The number of carboxylic acids is 2. The number of hydrogen-bond donors (Lipinski definition) is 7. The molecule has 10 heteroatoms. The minimum Gasteiger partial charge on any atom is -0.481 e. The average molecular weight is 525 g/mol. The van der Waals surface area contributed by atoms with Crippen molar-refractivity contribution in [3.63, 3.8) is 0 Å². The summed E-state index contributed by atoms with van der Waals surface area (Å²) in [5, 5.41) is 59.8. The van der Waals surface area contributed by atoms with Crippen LogP contribution < -0.4 is 0 Å². The highest BCUT2D eigenvalue weighted by Crippen LogP contribution is 2.09. The van der Waals surface area contributed by atoms with Gasteiger partial charge in [-0.05, 0) is 12.8 Å². The number of carbonyl (C=O) groups excluding carboxylic acids is 1. The minimum atomic E-state index is -1.86. The van der Waals surface area contributed by atoms with E-state index in [9.17, 15) is 14.4 Å². The molecule has 0 aliphatic heterocycles. The normalized spacial score (nSPS) is 12.9. The molecule has 0 aromatic rings. The van der Waals surface area contributed by atoms with Crippen LogP contribution in [-0.4, -0.2) is 85.0 Å². The molecule has 0 aromatic heterocycles. The zero-order valence-electron chi connectivity index (χ0n) is 22.3. The Morgan fingerprint density at radius 3 is 1.19 bits per heavy atom. The first-order valence-electron chi connectivity index (χ1n) is 13.3. The highest BCUT2D eigenvalue weighted by atomic mass is 16.4. The number of aliphatic carboxylic acids is 2. The molecule has 0 bridgehead atoms. The average Bonchev–Trinajstić information content (AvgIpc) is 2.86. The number of hydrogen-bond acceptors (Lipinski definition) is 8. The van der Waals surface area contributed by atoms with E-state index in [1.54, 1.807) is 0 Å². The monoisotopic (exact) mass is 524 g/mol. The predicted molar refractivity (Wildman–Crippen MR) is 138 cm³/mol. The van der Waals surface area contributed by atoms with Crippen molar-refractivity contribution in [2.45, 2.75) is 135 Å². The Kier molecular flexibility index (Phi) is 32.1. The highest BCUT2D eigenvalue weighted by Gasteiger charge is 2.28. The molecule has 3 atom stereocenters. The number of aliphatic hydroxyl groups excluding tert-OH is 5. The third-order valence-electron chi connectivity index (χ3n) is 5.38. The molecule has 0 spiro atoms. The summed E-state index contributed by atoms with van der Waals surface area (Å²) in [6.07, 6.45) is 12.1. The van der Waals surface area contributed by atoms with E-state index in [4.69, 9.17) is 35.7 Å². The lowest BCUT2D eigenvalue weighted by molar-refractivity contribution is -0.142. The van der Waals surface area contributed by atoms with Gasteiger partial charge in [0.05, 0.1) is 6.61 Å². The maximum atomic E-state index is 10.5. The van der Waals surface area contributed by atoms with Gasteiger partial charge < -0.3 is 35.7 Å². The smallest absolute Gasteiger partial charge is 0.303 e. The summed E-state index contributed by atoms with van der Waals surface area (Å²) < 4.78 is 0. The number of Topliss-reactive ketones (excluding diaryl/α,β-unsaturated/α-hetero) is 1. The molecule has 0 heterocycles. The van der Waals surface area contributed by atoms with Crippen molar-refractivity contribution in [3.05, 3.63) is 0 Å². The van der Waals surface area contributed by atoms with Gasteiger partial charge in [0.15, 0.2) is 5.78 Å². The van der Waals surface area contributed by atoms with Crippen LogP contribution in [0.2, 0.25) is 0 Å². The van der Waals surface area contributed by atoms with Gasteiger partial charge in [0.2, 0.25) is 0 Å². The fraction of sp³-hybridized carbons (Fsp3) is 0.885. The molecule has 0 saturated carbocycles. The maximum absolute atomic E-state index is 10.5. The molecular formula is C26H52O10. The Labute approximate surface area is 216 Å². The van der Waals surface area contributed by atoms with Crippen molar-refractivity contribution in [2.24, 2.45) is 0 Å². The van der Waals surface area contributed by atoms with Gasteiger partial charge in [-0.25, -0.2) is 0 Å². The topological polar surface area (TPSA) is 193 Å². The fourth-order valence-electron chi connectivity index (χ4n) is 3.07. The van der Waals surface area contributed by atoms with Crippen LogP contribution in [0.1, 0.15) is 117 Å². The van der Waals surface area contributed by atoms with Crippen molar-refractivity contribution in [1.29, 1.82) is 0 Å². The summed E-state index contributed by atoms with van der Waals surface area (Å²) >= 11 is 0. The fourth-order valence-corrected chi connectivity index (χ4v) is 3.07. The third-order valence-corrected chi connectivity index (χ3v) is 5.38. The molecule has 0 fully saturated rings. The number of carbonyl (C=O) groups is 3. The summed E-state index contributed by atoms with van der Waals surface area (Å²) in [6, 6.07) is 0. The van der Waals surface area contributed by atoms with Crippen LogP contribution in [0.5, 0.6) is 0 Å². The standard InChI is InChI=1S/2C10H20O2.C6H12O6/c2*1-2-3-4-5-6-7-8-9-10(11)12;7-1-3(9)5(11)6(12)4(10)2-8/h2*2-9H2,1H3,(H,11,12);3,5-9,11-12H,1-2H2/t;;3-,5-,6-/m..1/s1. The van der Waals surface area contributed by atoms with Gasteiger partial charge in [-0.1, -0.05) is 90.9 Å². The van der Waals surface area contributed by atoms with Crippen molar-refractivity contribution in [3.8, 4) is 0 Å². The molecule has 7 N–H and O–H groups in total. The zero-order valence-corrected chi connectivity index (χ0v) is 22.3. The second-order valence-corrected chi connectivity index (χ2v) is 8.84. The van der Waals surface area contributed by atoms with E-state index >= 15 is 0 Å². The lowest BCUT2D eigenvalue weighted by Gasteiger charge is -2.19. The number of ketones is 1. The highest BCUT2D eigenvalue weighted by molar-refractivity contribution is 5.84. The van der Waals surface area contributed by atoms with E-state index in [0.29, 0.717) is 12.8 Å². The third kappa shape index (κ3) is 30.4. The SMILES string of the molecule is CCCCCCCCCC(=O)O.CCCCCCCCCC(=O)O.O=C(CO)[C@@H](O)[C@H](O)[C@H](O)CO. The quantitative estimate of drug-likeness (QED) is 0.110. The Morgan fingerprint density at radius 1 is 0.583 bits per heavy atom. The predicted octanol–water partition coefficient (Wildman–Crippen LogP) is 3.05. The van der Waals surface area contributed by atoms with E-state index in [2.05, 4.69) is 13.8 Å². The van der Waals surface area contributed by atoms with Gasteiger partial charge in [0.25, 0.3) is 0 Å².